The van der Waals surface area contributed by atoms with Crippen LogP contribution in [0.3, 0.4) is 0 Å². The molecule has 0 bridgehead atoms. The zero-order chi connectivity index (χ0) is 17.3. The monoisotopic (exact) mass is 354 g/mol. The molecule has 0 unspecified atom stereocenters. The number of alkyl halides is 3. The van der Waals surface area contributed by atoms with Crippen molar-refractivity contribution in [1.29, 1.82) is 0 Å². The molecule has 124 valence electrons. The molecule has 0 aliphatic rings. The Hall–Kier alpha value is -2.75. The molecule has 2 heterocycles. The van der Waals surface area contributed by atoms with Crippen LogP contribution in [0.4, 0.5) is 18.3 Å². The molecule has 0 aliphatic carbocycles. The van der Waals surface area contributed by atoms with E-state index in [0.29, 0.717) is 15.7 Å². The second kappa shape index (κ2) is 6.04. The summed E-state index contributed by atoms with van der Waals surface area (Å²) in [6, 6.07) is 4.29. The molecule has 2 aromatic heterocycles. The number of benzene rings is 1. The highest BCUT2D eigenvalue weighted by Gasteiger charge is 2.30. The standard InChI is InChI=1S/C14H9F3N4O2S/c1-7-20-21-13(24-7)19-11(22)10-6-23-12(18-10)8-2-4-9(5-3-8)14(15,16)17/h2-6H,1H3,(H,19,21,22). The molecule has 1 aromatic carbocycles. The Morgan fingerprint density at radius 3 is 2.50 bits per heavy atom. The van der Waals surface area contributed by atoms with Crippen molar-refractivity contribution in [3.8, 4) is 11.5 Å². The van der Waals surface area contributed by atoms with Gasteiger partial charge in [-0.3, -0.25) is 10.1 Å². The van der Waals surface area contributed by atoms with Crippen LogP contribution in [0, 0.1) is 6.92 Å². The summed E-state index contributed by atoms with van der Waals surface area (Å²) in [6.07, 6.45) is -3.30. The van der Waals surface area contributed by atoms with Crippen LogP contribution in [0.1, 0.15) is 21.1 Å². The summed E-state index contributed by atoms with van der Waals surface area (Å²) in [6.45, 7) is 1.74. The number of hydrogen-bond acceptors (Lipinski definition) is 6. The van der Waals surface area contributed by atoms with Gasteiger partial charge in [0.1, 0.15) is 11.3 Å². The highest BCUT2D eigenvalue weighted by Crippen LogP contribution is 2.30. The molecule has 1 N–H and O–H groups in total. The number of aryl methyl sites for hydroxylation is 1. The lowest BCUT2D eigenvalue weighted by Crippen LogP contribution is -2.12. The van der Waals surface area contributed by atoms with Gasteiger partial charge in [0, 0.05) is 5.56 Å². The minimum absolute atomic E-state index is 0.0160. The first-order valence-electron chi connectivity index (χ1n) is 6.57. The number of nitrogens with zero attached hydrogens (tertiary/aromatic N) is 3. The molecule has 0 aliphatic heterocycles. The number of carbonyl (C=O) groups excluding carboxylic acids is 1. The van der Waals surface area contributed by atoms with Gasteiger partial charge >= 0.3 is 6.18 Å². The minimum Gasteiger partial charge on any atom is -0.444 e. The Bertz CT molecular complexity index is 871. The Kier molecular flexibility index (Phi) is 4.06. The van der Waals surface area contributed by atoms with Gasteiger partial charge in [0.15, 0.2) is 5.69 Å². The summed E-state index contributed by atoms with van der Waals surface area (Å²) in [5.74, 6) is -0.504. The molecule has 0 atom stereocenters. The van der Waals surface area contributed by atoms with Crippen molar-refractivity contribution in [3.05, 3.63) is 46.8 Å². The van der Waals surface area contributed by atoms with E-state index in [1.807, 2.05) is 0 Å². The predicted octanol–water partition coefficient (Wildman–Crippen LogP) is 3.77. The summed E-state index contributed by atoms with van der Waals surface area (Å²) < 4.78 is 42.8. The van der Waals surface area contributed by atoms with Gasteiger partial charge in [0.2, 0.25) is 11.0 Å². The van der Waals surface area contributed by atoms with Crippen LogP contribution in [-0.2, 0) is 6.18 Å². The Labute approximate surface area is 137 Å². The van der Waals surface area contributed by atoms with Gasteiger partial charge in [-0.2, -0.15) is 13.2 Å². The van der Waals surface area contributed by atoms with Crippen molar-refractivity contribution in [2.45, 2.75) is 13.1 Å². The van der Waals surface area contributed by atoms with E-state index in [0.717, 1.165) is 18.4 Å². The summed E-state index contributed by atoms with van der Waals surface area (Å²) in [4.78, 5) is 16.0. The van der Waals surface area contributed by atoms with Crippen LogP contribution in [0.2, 0.25) is 0 Å². The molecule has 0 saturated carbocycles. The Balaban J connectivity index is 1.76. The first kappa shape index (κ1) is 16.1. The molecule has 10 heteroatoms. The molecule has 3 aromatic rings. The predicted molar refractivity (Wildman–Crippen MR) is 79.5 cm³/mol. The second-order valence-electron chi connectivity index (χ2n) is 4.69. The van der Waals surface area contributed by atoms with Gasteiger partial charge in [-0.1, -0.05) is 11.3 Å². The summed E-state index contributed by atoms with van der Waals surface area (Å²) in [5, 5.41) is 11.0. The number of oxazole rings is 1. The van der Waals surface area contributed by atoms with Crippen LogP contribution in [0.15, 0.2) is 34.9 Å². The summed E-state index contributed by atoms with van der Waals surface area (Å²) in [7, 11) is 0. The topological polar surface area (TPSA) is 80.9 Å². The third kappa shape index (κ3) is 3.43. The molecular formula is C14H9F3N4O2S. The van der Waals surface area contributed by atoms with E-state index in [-0.39, 0.29) is 11.6 Å². The Morgan fingerprint density at radius 2 is 1.92 bits per heavy atom. The van der Waals surface area contributed by atoms with Crippen LogP contribution in [0.25, 0.3) is 11.5 Å². The maximum absolute atomic E-state index is 12.5. The lowest BCUT2D eigenvalue weighted by Gasteiger charge is -2.05. The zero-order valence-electron chi connectivity index (χ0n) is 12.1. The number of hydrogen-bond donors (Lipinski definition) is 1. The zero-order valence-corrected chi connectivity index (χ0v) is 12.9. The normalized spacial score (nSPS) is 11.5. The fourth-order valence-corrected chi connectivity index (χ4v) is 2.41. The number of aromatic nitrogens is 3. The largest absolute Gasteiger partial charge is 0.444 e. The molecule has 24 heavy (non-hydrogen) atoms. The highest BCUT2D eigenvalue weighted by molar-refractivity contribution is 7.15. The maximum Gasteiger partial charge on any atom is 0.416 e. The van der Waals surface area contributed by atoms with Crippen molar-refractivity contribution in [2.75, 3.05) is 5.32 Å². The van der Waals surface area contributed by atoms with E-state index in [2.05, 4.69) is 20.5 Å². The summed E-state index contributed by atoms with van der Waals surface area (Å²) in [5.41, 5.74) is -0.464. The third-order valence-corrected chi connectivity index (χ3v) is 3.70. The van der Waals surface area contributed by atoms with Gasteiger partial charge in [-0.25, -0.2) is 4.98 Å². The number of nitrogens with one attached hydrogen (secondary N) is 1. The number of carbonyl (C=O) groups is 1. The molecule has 6 nitrogen and oxygen atoms in total. The van der Waals surface area contributed by atoms with Gasteiger partial charge < -0.3 is 4.42 Å². The smallest absolute Gasteiger partial charge is 0.416 e. The van der Waals surface area contributed by atoms with Crippen LogP contribution in [-0.4, -0.2) is 21.1 Å². The maximum atomic E-state index is 12.5. The average Bonchev–Trinajstić information content (AvgIpc) is 3.16. The molecular weight excluding hydrogens is 345 g/mol. The molecule has 3 rings (SSSR count). The van der Waals surface area contributed by atoms with Crippen molar-refractivity contribution < 1.29 is 22.4 Å². The third-order valence-electron chi connectivity index (χ3n) is 2.94. The van der Waals surface area contributed by atoms with Crippen LogP contribution >= 0.6 is 11.3 Å². The summed E-state index contributed by atoms with van der Waals surface area (Å²) >= 11 is 1.20. The second-order valence-corrected chi connectivity index (χ2v) is 5.88. The fourth-order valence-electron chi connectivity index (χ4n) is 1.82. The van der Waals surface area contributed by atoms with E-state index in [9.17, 15) is 18.0 Å². The van der Waals surface area contributed by atoms with E-state index in [1.54, 1.807) is 6.92 Å². The van der Waals surface area contributed by atoms with E-state index in [4.69, 9.17) is 4.42 Å². The minimum atomic E-state index is -4.42. The Morgan fingerprint density at radius 1 is 1.21 bits per heavy atom. The van der Waals surface area contributed by atoms with E-state index < -0.39 is 17.6 Å². The highest BCUT2D eigenvalue weighted by atomic mass is 32.1. The van der Waals surface area contributed by atoms with Gasteiger partial charge in [0.05, 0.1) is 5.56 Å². The van der Waals surface area contributed by atoms with Crippen molar-refractivity contribution in [2.24, 2.45) is 0 Å². The number of amides is 1. The number of halogens is 3. The fraction of sp³-hybridized carbons (Fsp3) is 0.143. The number of rotatable bonds is 3. The van der Waals surface area contributed by atoms with Gasteiger partial charge in [0.25, 0.3) is 5.91 Å². The lowest BCUT2D eigenvalue weighted by molar-refractivity contribution is -0.137. The molecule has 0 spiro atoms. The van der Waals surface area contributed by atoms with Crippen molar-refractivity contribution in [3.63, 3.8) is 0 Å². The van der Waals surface area contributed by atoms with Crippen LogP contribution in [0.5, 0.6) is 0 Å². The first-order valence-corrected chi connectivity index (χ1v) is 7.39. The SMILES string of the molecule is Cc1nnc(NC(=O)c2coc(-c3ccc(C(F)(F)F)cc3)n2)s1. The van der Waals surface area contributed by atoms with E-state index >= 15 is 0 Å². The molecule has 0 fully saturated rings. The van der Waals surface area contributed by atoms with Gasteiger partial charge in [-0.15, -0.1) is 10.2 Å². The van der Waals surface area contributed by atoms with Gasteiger partial charge in [-0.05, 0) is 31.2 Å². The lowest BCUT2D eigenvalue weighted by atomic mass is 10.1. The average molecular weight is 354 g/mol. The quantitative estimate of drug-likeness (QED) is 0.774. The number of anilines is 1. The van der Waals surface area contributed by atoms with E-state index in [1.165, 1.54) is 23.5 Å². The molecule has 0 saturated heterocycles. The molecule has 1 amide bonds. The van der Waals surface area contributed by atoms with Crippen molar-refractivity contribution >= 4 is 22.4 Å². The van der Waals surface area contributed by atoms with Crippen molar-refractivity contribution in [1.82, 2.24) is 15.2 Å². The first-order chi connectivity index (χ1) is 11.3. The van der Waals surface area contributed by atoms with Crippen LogP contribution < -0.4 is 5.32 Å². The molecule has 0 radical (unpaired) electrons.